The fourth-order valence-electron chi connectivity index (χ4n) is 2.99. The number of aryl methyl sites for hydroxylation is 1. The summed E-state index contributed by atoms with van der Waals surface area (Å²) in [5, 5.41) is 5.90. The summed E-state index contributed by atoms with van der Waals surface area (Å²) in [6, 6.07) is 25.9. The minimum atomic E-state index is -0.413. The number of hydrogen-bond acceptors (Lipinski definition) is 2. The van der Waals surface area contributed by atoms with Gasteiger partial charge in [0.25, 0.3) is 5.91 Å². The molecule has 0 fully saturated rings. The lowest BCUT2D eigenvalue weighted by molar-refractivity contribution is -0.116. The van der Waals surface area contributed by atoms with Gasteiger partial charge in [-0.1, -0.05) is 67.6 Å². The highest BCUT2D eigenvalue weighted by molar-refractivity contribution is 5.95. The summed E-state index contributed by atoms with van der Waals surface area (Å²) < 4.78 is 0. The molecule has 3 aromatic carbocycles. The topological polar surface area (TPSA) is 58.2 Å². The first-order valence-electron chi connectivity index (χ1n) is 9.45. The molecule has 0 spiro atoms. The Labute approximate surface area is 165 Å². The Morgan fingerprint density at radius 3 is 2.04 bits per heavy atom. The molecule has 0 aliphatic rings. The predicted octanol–water partition coefficient (Wildman–Crippen LogP) is 4.75. The molecule has 2 N–H and O–H groups in total. The number of rotatable bonds is 7. The normalized spacial score (nSPS) is 11.5. The van der Waals surface area contributed by atoms with Crippen molar-refractivity contribution in [2.75, 3.05) is 5.32 Å². The standard InChI is InChI=1S/C24H24N2O2/c1-2-18-13-15-21(16-14-18)25-23(27)17-22(19-9-5-3-6-10-19)26-24(28)20-11-7-4-8-12-20/h3-16,22H,2,17H2,1H3,(H,25,27)(H,26,28)/t22-/m0/s1. The van der Waals surface area contributed by atoms with Crippen LogP contribution in [0.3, 0.4) is 0 Å². The van der Waals surface area contributed by atoms with Crippen LogP contribution in [0.1, 0.15) is 40.9 Å². The van der Waals surface area contributed by atoms with Gasteiger partial charge in [0.2, 0.25) is 5.91 Å². The third-order valence-corrected chi connectivity index (χ3v) is 4.58. The van der Waals surface area contributed by atoms with E-state index in [0.29, 0.717) is 5.56 Å². The minimum Gasteiger partial charge on any atom is -0.345 e. The molecule has 4 heteroatoms. The van der Waals surface area contributed by atoms with Gasteiger partial charge in [-0.3, -0.25) is 9.59 Å². The largest absolute Gasteiger partial charge is 0.345 e. The van der Waals surface area contributed by atoms with Crippen LogP contribution < -0.4 is 10.6 Å². The van der Waals surface area contributed by atoms with Crippen LogP contribution in [-0.2, 0) is 11.2 Å². The van der Waals surface area contributed by atoms with E-state index in [2.05, 4.69) is 17.6 Å². The van der Waals surface area contributed by atoms with Gasteiger partial charge in [0.05, 0.1) is 12.5 Å². The van der Waals surface area contributed by atoms with Crippen molar-refractivity contribution in [3.05, 3.63) is 102 Å². The van der Waals surface area contributed by atoms with Crippen molar-refractivity contribution >= 4 is 17.5 Å². The SMILES string of the molecule is CCc1ccc(NC(=O)C[C@H](NC(=O)c2ccccc2)c2ccccc2)cc1. The Balaban J connectivity index is 1.71. The van der Waals surface area contributed by atoms with Gasteiger partial charge in [0, 0.05) is 11.3 Å². The Bertz CT molecular complexity index is 906. The second-order valence-electron chi connectivity index (χ2n) is 6.61. The summed E-state index contributed by atoms with van der Waals surface area (Å²) in [5.41, 5.74) is 3.43. The van der Waals surface area contributed by atoms with E-state index in [4.69, 9.17) is 0 Å². The first-order valence-corrected chi connectivity index (χ1v) is 9.45. The van der Waals surface area contributed by atoms with Crippen molar-refractivity contribution in [3.8, 4) is 0 Å². The number of hydrogen-bond donors (Lipinski definition) is 2. The van der Waals surface area contributed by atoms with E-state index in [1.54, 1.807) is 12.1 Å². The second kappa shape index (κ2) is 9.51. The molecule has 3 aromatic rings. The van der Waals surface area contributed by atoms with Crippen LogP contribution in [0, 0.1) is 0 Å². The quantitative estimate of drug-likeness (QED) is 0.629. The molecule has 0 unspecified atom stereocenters. The van der Waals surface area contributed by atoms with E-state index < -0.39 is 6.04 Å². The average Bonchev–Trinajstić information content (AvgIpc) is 2.75. The molecule has 2 amide bonds. The van der Waals surface area contributed by atoms with E-state index in [-0.39, 0.29) is 18.2 Å². The Morgan fingerprint density at radius 1 is 0.821 bits per heavy atom. The second-order valence-corrected chi connectivity index (χ2v) is 6.61. The van der Waals surface area contributed by atoms with Crippen molar-refractivity contribution in [2.45, 2.75) is 25.8 Å². The highest BCUT2D eigenvalue weighted by Gasteiger charge is 2.19. The van der Waals surface area contributed by atoms with Gasteiger partial charge >= 0.3 is 0 Å². The van der Waals surface area contributed by atoms with Crippen LogP contribution in [0.15, 0.2) is 84.9 Å². The molecule has 0 radical (unpaired) electrons. The van der Waals surface area contributed by atoms with Crippen molar-refractivity contribution in [3.63, 3.8) is 0 Å². The van der Waals surface area contributed by atoms with Crippen molar-refractivity contribution in [1.82, 2.24) is 5.32 Å². The molecule has 0 saturated heterocycles. The summed E-state index contributed by atoms with van der Waals surface area (Å²) in [6.07, 6.45) is 1.11. The van der Waals surface area contributed by atoms with Crippen LogP contribution in [0.4, 0.5) is 5.69 Å². The number of amides is 2. The molecule has 142 valence electrons. The molecule has 0 aromatic heterocycles. The van der Waals surface area contributed by atoms with E-state index in [1.807, 2.05) is 72.8 Å². The average molecular weight is 372 g/mol. The summed E-state index contributed by atoms with van der Waals surface area (Å²) in [7, 11) is 0. The third kappa shape index (κ3) is 5.30. The van der Waals surface area contributed by atoms with E-state index in [9.17, 15) is 9.59 Å². The zero-order valence-corrected chi connectivity index (χ0v) is 15.9. The summed E-state index contributed by atoms with van der Waals surface area (Å²) in [5.74, 6) is -0.346. The van der Waals surface area contributed by atoms with Crippen molar-refractivity contribution in [1.29, 1.82) is 0 Å². The maximum atomic E-state index is 12.6. The van der Waals surface area contributed by atoms with Crippen LogP contribution >= 0.6 is 0 Å². The zero-order chi connectivity index (χ0) is 19.8. The fourth-order valence-corrected chi connectivity index (χ4v) is 2.99. The maximum absolute atomic E-state index is 12.6. The molecule has 3 rings (SSSR count). The maximum Gasteiger partial charge on any atom is 0.251 e. The number of benzene rings is 3. The number of carbonyl (C=O) groups is 2. The summed E-state index contributed by atoms with van der Waals surface area (Å²) in [6.45, 7) is 2.09. The first-order chi connectivity index (χ1) is 13.7. The number of carbonyl (C=O) groups excluding carboxylic acids is 2. The van der Waals surface area contributed by atoms with Gasteiger partial charge < -0.3 is 10.6 Å². The van der Waals surface area contributed by atoms with E-state index >= 15 is 0 Å². The Kier molecular flexibility index (Phi) is 6.58. The molecule has 1 atom stereocenters. The summed E-state index contributed by atoms with van der Waals surface area (Å²) >= 11 is 0. The van der Waals surface area contributed by atoms with Crippen molar-refractivity contribution in [2.24, 2.45) is 0 Å². The molecular weight excluding hydrogens is 348 g/mol. The lowest BCUT2D eigenvalue weighted by Crippen LogP contribution is -2.31. The van der Waals surface area contributed by atoms with Gasteiger partial charge in [-0.25, -0.2) is 0 Å². The highest BCUT2D eigenvalue weighted by atomic mass is 16.2. The molecular formula is C24H24N2O2. The van der Waals surface area contributed by atoms with Crippen LogP contribution in [0.5, 0.6) is 0 Å². The van der Waals surface area contributed by atoms with Crippen molar-refractivity contribution < 1.29 is 9.59 Å². The number of nitrogens with one attached hydrogen (secondary N) is 2. The fraction of sp³-hybridized carbons (Fsp3) is 0.167. The Hall–Kier alpha value is -3.40. The molecule has 0 aliphatic heterocycles. The zero-order valence-electron chi connectivity index (χ0n) is 15.9. The number of anilines is 1. The predicted molar refractivity (Wildman–Crippen MR) is 112 cm³/mol. The first kappa shape index (κ1) is 19.4. The minimum absolute atomic E-state index is 0.147. The van der Waals surface area contributed by atoms with Gasteiger partial charge in [0.1, 0.15) is 0 Å². The lowest BCUT2D eigenvalue weighted by Gasteiger charge is -2.19. The smallest absolute Gasteiger partial charge is 0.251 e. The van der Waals surface area contributed by atoms with Gasteiger partial charge in [-0.2, -0.15) is 0 Å². The molecule has 0 aliphatic carbocycles. The van der Waals surface area contributed by atoms with Gasteiger partial charge in [-0.15, -0.1) is 0 Å². The molecule has 0 heterocycles. The molecule has 0 bridgehead atoms. The molecule has 4 nitrogen and oxygen atoms in total. The molecule has 28 heavy (non-hydrogen) atoms. The van der Waals surface area contributed by atoms with E-state index in [1.165, 1.54) is 5.56 Å². The van der Waals surface area contributed by atoms with Gasteiger partial charge in [0.15, 0.2) is 0 Å². The monoisotopic (exact) mass is 372 g/mol. The van der Waals surface area contributed by atoms with Crippen LogP contribution in [0.25, 0.3) is 0 Å². The van der Waals surface area contributed by atoms with Crippen LogP contribution in [0.2, 0.25) is 0 Å². The highest BCUT2D eigenvalue weighted by Crippen LogP contribution is 2.19. The Morgan fingerprint density at radius 2 is 1.43 bits per heavy atom. The van der Waals surface area contributed by atoms with Crippen LogP contribution in [-0.4, -0.2) is 11.8 Å². The third-order valence-electron chi connectivity index (χ3n) is 4.58. The lowest BCUT2D eigenvalue weighted by atomic mass is 10.0. The van der Waals surface area contributed by atoms with E-state index in [0.717, 1.165) is 17.7 Å². The van der Waals surface area contributed by atoms with Gasteiger partial charge in [-0.05, 0) is 41.8 Å². The molecule has 0 saturated carbocycles. The summed E-state index contributed by atoms with van der Waals surface area (Å²) in [4.78, 5) is 25.2.